The van der Waals surface area contributed by atoms with Gasteiger partial charge in [0.05, 0.1) is 25.5 Å². The number of guanidine groups is 1. The summed E-state index contributed by atoms with van der Waals surface area (Å²) in [6, 6.07) is 12.8. The molecular formula is C23H36IN5O2. The highest BCUT2D eigenvalue weighted by Gasteiger charge is 2.24. The van der Waals surface area contributed by atoms with Crippen LogP contribution in [0, 0.1) is 0 Å². The van der Waals surface area contributed by atoms with Gasteiger partial charge in [0.15, 0.2) is 5.96 Å². The second kappa shape index (κ2) is 12.9. The van der Waals surface area contributed by atoms with Crippen LogP contribution in [0.4, 0.5) is 0 Å². The predicted octanol–water partition coefficient (Wildman–Crippen LogP) is 3.51. The number of benzene rings is 1. The Kier molecular flexibility index (Phi) is 10.6. The van der Waals surface area contributed by atoms with Crippen molar-refractivity contribution >= 4 is 29.9 Å². The van der Waals surface area contributed by atoms with Gasteiger partial charge in [-0.05, 0) is 69.9 Å². The van der Waals surface area contributed by atoms with Gasteiger partial charge in [-0.25, -0.2) is 0 Å². The molecule has 1 aliphatic rings. The first-order valence-electron chi connectivity index (χ1n) is 10.6. The Balaban J connectivity index is 0.00000341. The minimum atomic E-state index is 0. The fourth-order valence-corrected chi connectivity index (χ4v) is 3.96. The van der Waals surface area contributed by atoms with Crippen LogP contribution in [-0.2, 0) is 0 Å². The average Bonchev–Trinajstić information content (AvgIpc) is 3.47. The van der Waals surface area contributed by atoms with E-state index in [1.165, 1.54) is 18.4 Å². The third-order valence-electron chi connectivity index (χ3n) is 5.73. The highest BCUT2D eigenvalue weighted by molar-refractivity contribution is 14.0. The standard InChI is InChI=1S/C23H35N5O2.HI/c1-24-23(26-17-21(27(2)3)22-8-7-15-30-22)25-16-20(28-13-5-6-14-28)18-9-11-19(29-4)12-10-18;/h7-12,15,20-21H,5-6,13-14,16-17H2,1-4H3,(H2,24,25,26);1H. The highest BCUT2D eigenvalue weighted by atomic mass is 127. The van der Waals surface area contributed by atoms with Gasteiger partial charge in [0, 0.05) is 20.1 Å². The van der Waals surface area contributed by atoms with Gasteiger partial charge >= 0.3 is 0 Å². The number of hydrogen-bond acceptors (Lipinski definition) is 5. The quantitative estimate of drug-likeness (QED) is 0.288. The third kappa shape index (κ3) is 7.11. The summed E-state index contributed by atoms with van der Waals surface area (Å²) in [5, 5.41) is 6.98. The summed E-state index contributed by atoms with van der Waals surface area (Å²) >= 11 is 0. The molecule has 2 aromatic rings. The smallest absolute Gasteiger partial charge is 0.191 e. The molecule has 1 aromatic heterocycles. The number of ether oxygens (including phenoxy) is 1. The van der Waals surface area contributed by atoms with Crippen molar-refractivity contribution in [1.29, 1.82) is 0 Å². The number of furan rings is 1. The molecule has 0 bridgehead atoms. The molecule has 7 nitrogen and oxygen atoms in total. The number of nitrogens with zero attached hydrogens (tertiary/aromatic N) is 3. The van der Waals surface area contributed by atoms with Crippen molar-refractivity contribution in [1.82, 2.24) is 20.4 Å². The van der Waals surface area contributed by atoms with E-state index in [-0.39, 0.29) is 30.0 Å². The van der Waals surface area contributed by atoms with E-state index in [1.54, 1.807) is 13.4 Å². The number of hydrogen-bond donors (Lipinski definition) is 2. The molecule has 1 aliphatic heterocycles. The summed E-state index contributed by atoms with van der Waals surface area (Å²) in [6.07, 6.45) is 4.23. The molecule has 172 valence electrons. The number of methoxy groups -OCH3 is 1. The first-order chi connectivity index (χ1) is 14.6. The molecule has 2 N–H and O–H groups in total. The molecule has 0 spiro atoms. The Morgan fingerprint density at radius 2 is 1.81 bits per heavy atom. The Morgan fingerprint density at radius 1 is 1.13 bits per heavy atom. The summed E-state index contributed by atoms with van der Waals surface area (Å²) in [7, 11) is 7.62. The predicted molar refractivity (Wildman–Crippen MR) is 136 cm³/mol. The van der Waals surface area contributed by atoms with Gasteiger partial charge in [0.2, 0.25) is 0 Å². The van der Waals surface area contributed by atoms with Crippen LogP contribution < -0.4 is 15.4 Å². The molecule has 2 heterocycles. The molecule has 0 amide bonds. The van der Waals surface area contributed by atoms with E-state index in [9.17, 15) is 0 Å². The first kappa shape index (κ1) is 25.5. The van der Waals surface area contributed by atoms with Gasteiger partial charge in [-0.2, -0.15) is 0 Å². The van der Waals surface area contributed by atoms with Crippen LogP contribution in [0.3, 0.4) is 0 Å². The second-order valence-corrected chi connectivity index (χ2v) is 7.86. The van der Waals surface area contributed by atoms with Crippen LogP contribution in [-0.4, -0.2) is 70.2 Å². The molecule has 0 aliphatic carbocycles. The summed E-state index contributed by atoms with van der Waals surface area (Å²) in [6.45, 7) is 3.76. The van der Waals surface area contributed by atoms with E-state index in [0.29, 0.717) is 12.6 Å². The van der Waals surface area contributed by atoms with Crippen LogP contribution in [0.1, 0.15) is 36.2 Å². The summed E-state index contributed by atoms with van der Waals surface area (Å²) in [4.78, 5) is 9.12. The molecule has 1 saturated heterocycles. The highest BCUT2D eigenvalue weighted by Crippen LogP contribution is 2.26. The molecule has 31 heavy (non-hydrogen) atoms. The zero-order chi connectivity index (χ0) is 21.3. The van der Waals surface area contributed by atoms with Crippen molar-refractivity contribution in [3.63, 3.8) is 0 Å². The Hall–Kier alpha value is -1.78. The van der Waals surface area contributed by atoms with Crippen molar-refractivity contribution in [3.05, 3.63) is 54.0 Å². The summed E-state index contributed by atoms with van der Waals surface area (Å²) < 4.78 is 10.9. The number of rotatable bonds is 9. The van der Waals surface area contributed by atoms with Crippen LogP contribution in [0.2, 0.25) is 0 Å². The van der Waals surface area contributed by atoms with Crippen molar-refractivity contribution in [2.24, 2.45) is 4.99 Å². The van der Waals surface area contributed by atoms with Crippen LogP contribution in [0.5, 0.6) is 5.75 Å². The summed E-state index contributed by atoms with van der Waals surface area (Å²) in [5.74, 6) is 2.62. The average molecular weight is 541 g/mol. The van der Waals surface area contributed by atoms with Crippen molar-refractivity contribution in [2.75, 3.05) is 54.4 Å². The van der Waals surface area contributed by atoms with E-state index in [2.05, 4.69) is 51.7 Å². The van der Waals surface area contributed by atoms with Crippen LogP contribution in [0.15, 0.2) is 52.1 Å². The van der Waals surface area contributed by atoms with Gasteiger partial charge in [0.1, 0.15) is 11.5 Å². The molecule has 3 rings (SSSR count). The Labute approximate surface area is 203 Å². The third-order valence-corrected chi connectivity index (χ3v) is 5.73. The monoisotopic (exact) mass is 541 g/mol. The number of nitrogens with one attached hydrogen (secondary N) is 2. The molecule has 0 radical (unpaired) electrons. The maximum atomic E-state index is 5.61. The fourth-order valence-electron chi connectivity index (χ4n) is 3.96. The molecule has 1 aromatic carbocycles. The second-order valence-electron chi connectivity index (χ2n) is 7.86. The zero-order valence-electron chi connectivity index (χ0n) is 19.0. The van der Waals surface area contributed by atoms with E-state index < -0.39 is 0 Å². The lowest BCUT2D eigenvalue weighted by Crippen LogP contribution is -2.45. The molecule has 1 fully saturated rings. The van der Waals surface area contributed by atoms with Gasteiger partial charge < -0.3 is 19.8 Å². The zero-order valence-corrected chi connectivity index (χ0v) is 21.3. The minimum absolute atomic E-state index is 0. The van der Waals surface area contributed by atoms with Gasteiger partial charge in [-0.15, -0.1) is 24.0 Å². The normalized spacial score (nSPS) is 16.6. The van der Waals surface area contributed by atoms with E-state index in [0.717, 1.165) is 37.1 Å². The topological polar surface area (TPSA) is 65.3 Å². The van der Waals surface area contributed by atoms with Gasteiger partial charge in [-0.1, -0.05) is 12.1 Å². The number of halogens is 1. The lowest BCUT2D eigenvalue weighted by Gasteiger charge is -2.29. The maximum Gasteiger partial charge on any atom is 0.191 e. The van der Waals surface area contributed by atoms with Crippen molar-refractivity contribution in [3.8, 4) is 5.75 Å². The SMILES string of the molecule is CN=C(NCC(c1ccco1)N(C)C)NCC(c1ccc(OC)cc1)N1CCCC1.I. The van der Waals surface area contributed by atoms with E-state index >= 15 is 0 Å². The number of likely N-dealkylation sites (N-methyl/N-ethyl adjacent to an activating group) is 1. The number of likely N-dealkylation sites (tertiary alicyclic amines) is 1. The largest absolute Gasteiger partial charge is 0.497 e. The molecular weight excluding hydrogens is 505 g/mol. The lowest BCUT2D eigenvalue weighted by atomic mass is 10.1. The minimum Gasteiger partial charge on any atom is -0.497 e. The van der Waals surface area contributed by atoms with E-state index in [4.69, 9.17) is 9.15 Å². The van der Waals surface area contributed by atoms with Gasteiger partial charge in [0.25, 0.3) is 0 Å². The van der Waals surface area contributed by atoms with Crippen molar-refractivity contribution < 1.29 is 9.15 Å². The Morgan fingerprint density at radius 3 is 2.35 bits per heavy atom. The number of aliphatic imine (C=N–C) groups is 1. The van der Waals surface area contributed by atoms with Crippen molar-refractivity contribution in [2.45, 2.75) is 24.9 Å². The van der Waals surface area contributed by atoms with Crippen LogP contribution >= 0.6 is 24.0 Å². The summed E-state index contributed by atoms with van der Waals surface area (Å²) in [5.41, 5.74) is 1.29. The van der Waals surface area contributed by atoms with Gasteiger partial charge in [-0.3, -0.25) is 14.8 Å². The molecule has 0 saturated carbocycles. The van der Waals surface area contributed by atoms with Crippen LogP contribution in [0.25, 0.3) is 0 Å². The first-order valence-corrected chi connectivity index (χ1v) is 10.6. The van der Waals surface area contributed by atoms with E-state index in [1.807, 2.05) is 31.3 Å². The molecule has 2 unspecified atom stereocenters. The lowest BCUT2D eigenvalue weighted by molar-refractivity contribution is 0.244. The fraction of sp³-hybridized carbons (Fsp3) is 0.522. The Bertz CT molecular complexity index is 774. The molecule has 2 atom stereocenters. The maximum absolute atomic E-state index is 5.61. The molecule has 8 heteroatoms.